The van der Waals surface area contributed by atoms with Gasteiger partial charge in [0.1, 0.15) is 11.4 Å². The third-order valence-electron chi connectivity index (χ3n) is 4.62. The average Bonchev–Trinajstić information content (AvgIpc) is 3.14. The average molecular weight is 492 g/mol. The Kier molecular flexibility index (Phi) is 6.85. The standard InChI is InChI=1S/C20H18BrN3O7/c1-30-15-6-7-17(24(28)29)16(9-15)22-18(25)11-31-20(27)12-8-19(26)23(10-12)14-4-2-13(21)3-5-14/h2-7,9,12H,8,10-11H2,1H3,(H,22,25)/t12-/m1/s1. The third-order valence-corrected chi connectivity index (χ3v) is 5.15. The molecule has 3 rings (SSSR count). The number of nitrogens with zero attached hydrogens (tertiary/aromatic N) is 2. The number of nitrogens with one attached hydrogen (secondary N) is 1. The first-order valence-electron chi connectivity index (χ1n) is 9.13. The Labute approximate surface area is 185 Å². The summed E-state index contributed by atoms with van der Waals surface area (Å²) in [7, 11) is 1.38. The maximum atomic E-state index is 12.3. The number of carbonyl (C=O) groups excluding carboxylic acids is 3. The number of methoxy groups -OCH3 is 1. The lowest BCUT2D eigenvalue weighted by molar-refractivity contribution is -0.383. The summed E-state index contributed by atoms with van der Waals surface area (Å²) < 4.78 is 10.9. The van der Waals surface area contributed by atoms with Crippen LogP contribution in [0.1, 0.15) is 6.42 Å². The highest BCUT2D eigenvalue weighted by atomic mass is 79.9. The van der Waals surface area contributed by atoms with Crippen molar-refractivity contribution in [2.45, 2.75) is 6.42 Å². The zero-order chi connectivity index (χ0) is 22.5. The van der Waals surface area contributed by atoms with Gasteiger partial charge in [-0.1, -0.05) is 15.9 Å². The molecule has 0 aliphatic carbocycles. The Hall–Kier alpha value is -3.47. The first-order chi connectivity index (χ1) is 14.8. The number of halogens is 1. The summed E-state index contributed by atoms with van der Waals surface area (Å²) >= 11 is 3.32. The van der Waals surface area contributed by atoms with Crippen LogP contribution in [0.5, 0.6) is 5.75 Å². The van der Waals surface area contributed by atoms with Gasteiger partial charge in [-0.05, 0) is 30.3 Å². The Bertz CT molecular complexity index is 1030. The van der Waals surface area contributed by atoms with Crippen LogP contribution in [0.3, 0.4) is 0 Å². The summed E-state index contributed by atoms with van der Waals surface area (Å²) in [6.07, 6.45) is -0.0299. The predicted octanol–water partition coefficient (Wildman–Crippen LogP) is 2.90. The Balaban J connectivity index is 1.57. The molecule has 162 valence electrons. The molecule has 1 aliphatic heterocycles. The van der Waals surface area contributed by atoms with Crippen molar-refractivity contribution in [2.24, 2.45) is 5.92 Å². The van der Waals surface area contributed by atoms with Gasteiger partial charge in [0.05, 0.1) is 18.0 Å². The van der Waals surface area contributed by atoms with Gasteiger partial charge in [0.15, 0.2) is 6.61 Å². The SMILES string of the molecule is COc1ccc([N+](=O)[O-])c(NC(=O)COC(=O)[C@@H]2CC(=O)N(c3ccc(Br)cc3)C2)c1. The van der Waals surface area contributed by atoms with Crippen LogP contribution < -0.4 is 15.0 Å². The molecule has 1 heterocycles. The Morgan fingerprint density at radius 2 is 1.97 bits per heavy atom. The van der Waals surface area contributed by atoms with Crippen LogP contribution >= 0.6 is 15.9 Å². The first kappa shape index (κ1) is 22.2. The molecule has 11 heteroatoms. The van der Waals surface area contributed by atoms with Crippen LogP contribution in [0, 0.1) is 16.0 Å². The molecule has 0 aromatic heterocycles. The number of amides is 2. The highest BCUT2D eigenvalue weighted by Crippen LogP contribution is 2.29. The molecule has 0 unspecified atom stereocenters. The van der Waals surface area contributed by atoms with E-state index >= 15 is 0 Å². The molecule has 0 spiro atoms. The molecular weight excluding hydrogens is 474 g/mol. The quantitative estimate of drug-likeness (QED) is 0.358. The van der Waals surface area contributed by atoms with Crippen LogP contribution in [0.25, 0.3) is 0 Å². The molecule has 0 saturated carbocycles. The van der Waals surface area contributed by atoms with Crippen LogP contribution in [-0.4, -0.2) is 43.0 Å². The number of nitro groups is 1. The Morgan fingerprint density at radius 1 is 1.26 bits per heavy atom. The number of esters is 1. The second-order valence-electron chi connectivity index (χ2n) is 6.68. The summed E-state index contributed by atoms with van der Waals surface area (Å²) in [6.45, 7) is -0.502. The molecule has 10 nitrogen and oxygen atoms in total. The molecule has 2 amide bonds. The second-order valence-corrected chi connectivity index (χ2v) is 7.59. The van der Waals surface area contributed by atoms with E-state index in [1.165, 1.54) is 30.2 Å². The van der Waals surface area contributed by atoms with E-state index in [2.05, 4.69) is 21.2 Å². The van der Waals surface area contributed by atoms with E-state index < -0.39 is 29.3 Å². The summed E-state index contributed by atoms with van der Waals surface area (Å²) in [4.78, 5) is 48.7. The maximum absolute atomic E-state index is 12.3. The summed E-state index contributed by atoms with van der Waals surface area (Å²) in [5.74, 6) is -2.06. The van der Waals surface area contributed by atoms with Gasteiger partial charge in [0, 0.05) is 35.3 Å². The first-order valence-corrected chi connectivity index (χ1v) is 9.92. The number of ether oxygens (including phenoxy) is 2. The molecule has 0 radical (unpaired) electrons. The molecule has 1 fully saturated rings. The number of hydrogen-bond acceptors (Lipinski definition) is 7. The maximum Gasteiger partial charge on any atom is 0.311 e. The predicted molar refractivity (Wildman–Crippen MR) is 114 cm³/mol. The van der Waals surface area contributed by atoms with E-state index in [-0.39, 0.29) is 30.2 Å². The normalized spacial score (nSPS) is 15.5. The van der Waals surface area contributed by atoms with Gasteiger partial charge in [-0.15, -0.1) is 0 Å². The van der Waals surface area contributed by atoms with Crippen molar-refractivity contribution in [2.75, 3.05) is 30.5 Å². The van der Waals surface area contributed by atoms with Crippen LogP contribution in [0.15, 0.2) is 46.9 Å². The monoisotopic (exact) mass is 491 g/mol. The second kappa shape index (κ2) is 9.56. The van der Waals surface area contributed by atoms with E-state index in [0.717, 1.165) is 4.47 Å². The summed E-state index contributed by atoms with van der Waals surface area (Å²) in [6, 6.07) is 11.0. The molecule has 1 N–H and O–H groups in total. The van der Waals surface area contributed by atoms with Crippen molar-refractivity contribution in [3.8, 4) is 5.75 Å². The lowest BCUT2D eigenvalue weighted by atomic mass is 10.1. The number of benzene rings is 2. The molecule has 0 bridgehead atoms. The van der Waals surface area contributed by atoms with Crippen LogP contribution in [0.4, 0.5) is 17.1 Å². The van der Waals surface area contributed by atoms with Gasteiger partial charge in [-0.3, -0.25) is 24.5 Å². The van der Waals surface area contributed by atoms with E-state index in [1.54, 1.807) is 24.3 Å². The van der Waals surface area contributed by atoms with Gasteiger partial charge >= 0.3 is 5.97 Å². The van der Waals surface area contributed by atoms with Gasteiger partial charge in [0.2, 0.25) is 5.91 Å². The lowest BCUT2D eigenvalue weighted by Gasteiger charge is -2.16. The molecular formula is C20H18BrN3O7. The van der Waals surface area contributed by atoms with E-state index in [9.17, 15) is 24.5 Å². The van der Waals surface area contributed by atoms with E-state index in [4.69, 9.17) is 9.47 Å². The highest BCUT2D eigenvalue weighted by molar-refractivity contribution is 9.10. The lowest BCUT2D eigenvalue weighted by Crippen LogP contribution is -2.28. The van der Waals surface area contributed by atoms with Crippen molar-refractivity contribution >= 4 is 50.8 Å². The van der Waals surface area contributed by atoms with Crippen molar-refractivity contribution in [1.29, 1.82) is 0 Å². The van der Waals surface area contributed by atoms with Crippen LogP contribution in [-0.2, 0) is 19.1 Å². The summed E-state index contributed by atoms with van der Waals surface area (Å²) in [5.41, 5.74) is 0.251. The van der Waals surface area contributed by atoms with Crippen molar-refractivity contribution < 1.29 is 28.8 Å². The third kappa shape index (κ3) is 5.37. The molecule has 1 atom stereocenters. The minimum absolute atomic E-state index is 0.0299. The summed E-state index contributed by atoms with van der Waals surface area (Å²) in [5, 5.41) is 13.5. The van der Waals surface area contributed by atoms with Crippen LogP contribution in [0.2, 0.25) is 0 Å². The smallest absolute Gasteiger partial charge is 0.311 e. The van der Waals surface area contributed by atoms with Gasteiger partial charge in [-0.25, -0.2) is 0 Å². The van der Waals surface area contributed by atoms with E-state index in [0.29, 0.717) is 11.4 Å². The van der Waals surface area contributed by atoms with Crippen molar-refractivity contribution in [3.63, 3.8) is 0 Å². The topological polar surface area (TPSA) is 128 Å². The molecule has 2 aromatic rings. The van der Waals surface area contributed by atoms with E-state index in [1.807, 2.05) is 0 Å². The minimum Gasteiger partial charge on any atom is -0.497 e. The number of anilines is 2. The molecule has 1 saturated heterocycles. The fourth-order valence-electron chi connectivity index (χ4n) is 3.08. The van der Waals surface area contributed by atoms with Gasteiger partial charge in [0.25, 0.3) is 11.6 Å². The van der Waals surface area contributed by atoms with Crippen molar-refractivity contribution in [1.82, 2.24) is 0 Å². The number of rotatable bonds is 7. The number of carbonyl (C=O) groups is 3. The molecule has 31 heavy (non-hydrogen) atoms. The highest BCUT2D eigenvalue weighted by Gasteiger charge is 2.36. The number of nitro benzene ring substituents is 1. The fraction of sp³-hybridized carbons (Fsp3) is 0.250. The zero-order valence-corrected chi connectivity index (χ0v) is 18.0. The minimum atomic E-state index is -0.751. The largest absolute Gasteiger partial charge is 0.497 e. The van der Waals surface area contributed by atoms with Crippen molar-refractivity contribution in [3.05, 3.63) is 57.1 Å². The van der Waals surface area contributed by atoms with Gasteiger partial charge < -0.3 is 19.7 Å². The zero-order valence-electron chi connectivity index (χ0n) is 16.4. The fourth-order valence-corrected chi connectivity index (χ4v) is 3.34. The molecule has 1 aliphatic rings. The Morgan fingerprint density at radius 3 is 2.61 bits per heavy atom. The number of hydrogen-bond donors (Lipinski definition) is 1. The van der Waals surface area contributed by atoms with Gasteiger partial charge in [-0.2, -0.15) is 0 Å². The molecule has 2 aromatic carbocycles.